The Bertz CT molecular complexity index is 1080. The van der Waals surface area contributed by atoms with E-state index in [9.17, 15) is 19.7 Å². The van der Waals surface area contributed by atoms with Crippen molar-refractivity contribution in [2.45, 2.75) is 38.1 Å². The van der Waals surface area contributed by atoms with Crippen LogP contribution in [0, 0.1) is 17.3 Å². The number of hydrogen-bond acceptors (Lipinski definition) is 7. The molecule has 166 valence electrons. The third kappa shape index (κ3) is 4.90. The number of hydrogen-bond donors (Lipinski definition) is 0. The predicted molar refractivity (Wildman–Crippen MR) is 131 cm³/mol. The van der Waals surface area contributed by atoms with Gasteiger partial charge in [-0.25, -0.2) is 9.59 Å². The summed E-state index contributed by atoms with van der Waals surface area (Å²) in [5, 5.41) is 10.8. The van der Waals surface area contributed by atoms with E-state index in [-0.39, 0.29) is 17.9 Å². The van der Waals surface area contributed by atoms with E-state index in [4.69, 9.17) is 14.2 Å². The molecule has 10 heteroatoms. The van der Waals surface area contributed by atoms with Gasteiger partial charge in [-0.1, -0.05) is 0 Å². The number of nitrogens with zero attached hydrogens (tertiary/aromatic N) is 1. The number of carbonyl (C=O) groups excluding carboxylic acids is 2. The van der Waals surface area contributed by atoms with E-state index in [0.717, 1.165) is 25.5 Å². The number of carbonyl (C=O) groups is 2. The topological polar surface area (TPSA) is 105 Å². The van der Waals surface area contributed by atoms with Crippen molar-refractivity contribution in [1.29, 1.82) is 0 Å². The molecule has 8 nitrogen and oxygen atoms in total. The second kappa shape index (κ2) is 9.33. The molecule has 0 aromatic heterocycles. The number of esters is 2. The first-order chi connectivity index (χ1) is 15.3. The summed E-state index contributed by atoms with van der Waals surface area (Å²) in [6.07, 6.45) is 4.26. The third-order valence-electron chi connectivity index (χ3n) is 5.22. The lowest BCUT2D eigenvalue weighted by Gasteiger charge is -2.32. The number of benzene rings is 2. The molecule has 0 radical (unpaired) electrons. The summed E-state index contributed by atoms with van der Waals surface area (Å²) in [6, 6.07) is 9.74. The quantitative estimate of drug-likeness (QED) is 0.109. The minimum Gasteiger partial charge on any atom is -0.487 e. The summed E-state index contributed by atoms with van der Waals surface area (Å²) >= 11 is 4.24. The maximum atomic E-state index is 12.5. The van der Waals surface area contributed by atoms with Crippen molar-refractivity contribution >= 4 is 68.9 Å². The van der Waals surface area contributed by atoms with E-state index in [2.05, 4.69) is 45.2 Å². The summed E-state index contributed by atoms with van der Waals surface area (Å²) in [5.74, 6) is -1.77. The highest BCUT2D eigenvalue weighted by Crippen LogP contribution is 2.39. The van der Waals surface area contributed by atoms with Crippen molar-refractivity contribution in [1.82, 2.24) is 0 Å². The van der Waals surface area contributed by atoms with Crippen molar-refractivity contribution in [2.24, 2.45) is 0 Å². The molecule has 4 rings (SSSR count). The first-order valence-corrected chi connectivity index (χ1v) is 12.0. The number of rotatable bonds is 5. The van der Waals surface area contributed by atoms with Gasteiger partial charge in [0.15, 0.2) is 0 Å². The van der Waals surface area contributed by atoms with E-state index in [1.165, 1.54) is 18.2 Å². The van der Waals surface area contributed by atoms with Crippen LogP contribution in [0.5, 0.6) is 5.75 Å². The zero-order valence-electron chi connectivity index (χ0n) is 16.6. The molecule has 2 aromatic rings. The van der Waals surface area contributed by atoms with Gasteiger partial charge in [0.2, 0.25) is 0 Å². The summed E-state index contributed by atoms with van der Waals surface area (Å²) < 4.78 is 18.4. The molecule has 32 heavy (non-hydrogen) atoms. The zero-order valence-corrected chi connectivity index (χ0v) is 21.0. The van der Waals surface area contributed by atoms with Crippen LogP contribution < -0.4 is 4.74 Å². The van der Waals surface area contributed by atoms with Gasteiger partial charge in [-0.15, -0.1) is 0 Å². The second-order valence-electron chi connectivity index (χ2n) is 7.48. The van der Waals surface area contributed by atoms with Crippen molar-refractivity contribution in [3.05, 3.63) is 70.4 Å². The van der Waals surface area contributed by atoms with Gasteiger partial charge in [0.25, 0.3) is 11.5 Å². The fourth-order valence-corrected chi connectivity index (χ4v) is 5.75. The molecule has 1 saturated carbocycles. The molecule has 0 atom stereocenters. The van der Waals surface area contributed by atoms with Crippen molar-refractivity contribution in [3.8, 4) is 5.75 Å². The Kier molecular flexibility index (Phi) is 6.70. The standard InChI is InChI=1S/C22H17I2NO7/c23-17-10-14(9-16-20(26)31-22(32-21(16)27)7-1-2-8-22)11-18(24)19(17)30-12-13-3-5-15(6-4-13)25(28)29/h3-6,9-11H,1-2,7-8,12H2. The Balaban J connectivity index is 1.49. The average Bonchev–Trinajstić information content (AvgIpc) is 3.18. The molecule has 1 aliphatic heterocycles. The second-order valence-corrected chi connectivity index (χ2v) is 9.81. The van der Waals surface area contributed by atoms with Gasteiger partial charge in [0.1, 0.15) is 17.9 Å². The number of nitro groups is 1. The van der Waals surface area contributed by atoms with Crippen molar-refractivity contribution in [3.63, 3.8) is 0 Å². The number of halogens is 2. The Hall–Kier alpha value is -2.22. The molecule has 1 saturated heterocycles. The van der Waals surface area contributed by atoms with Gasteiger partial charge in [-0.3, -0.25) is 10.1 Å². The summed E-state index contributed by atoms with van der Waals surface area (Å²) in [5.41, 5.74) is 1.33. The Morgan fingerprint density at radius 2 is 1.59 bits per heavy atom. The van der Waals surface area contributed by atoms with Crippen LogP contribution >= 0.6 is 45.2 Å². The highest BCUT2D eigenvalue weighted by Gasteiger charge is 2.47. The highest BCUT2D eigenvalue weighted by atomic mass is 127. The molecule has 2 fully saturated rings. The molecule has 2 aliphatic rings. The Morgan fingerprint density at radius 1 is 1.03 bits per heavy atom. The normalized spacial score (nSPS) is 17.1. The van der Waals surface area contributed by atoms with Crippen LogP contribution in [-0.2, 0) is 25.7 Å². The molecular weight excluding hydrogens is 644 g/mol. The monoisotopic (exact) mass is 661 g/mol. The number of nitro benzene ring substituents is 1. The van der Waals surface area contributed by atoms with E-state index in [0.29, 0.717) is 24.2 Å². The third-order valence-corrected chi connectivity index (χ3v) is 6.83. The SMILES string of the molecule is O=C1OC2(CCCC2)OC(=O)C1=Cc1cc(I)c(OCc2ccc([N+](=O)[O-])cc2)c(I)c1. The van der Waals surface area contributed by atoms with Crippen LogP contribution in [0.3, 0.4) is 0 Å². The van der Waals surface area contributed by atoms with E-state index < -0.39 is 22.6 Å². The van der Waals surface area contributed by atoms with E-state index in [1.807, 2.05) is 0 Å². The maximum absolute atomic E-state index is 12.5. The fraction of sp³-hybridized carbons (Fsp3) is 0.273. The van der Waals surface area contributed by atoms with Gasteiger partial charge < -0.3 is 14.2 Å². The van der Waals surface area contributed by atoms with Gasteiger partial charge in [-0.05, 0) is 99.5 Å². The minimum absolute atomic E-state index is 0.0221. The molecule has 1 heterocycles. The summed E-state index contributed by atoms with van der Waals surface area (Å²) in [6.45, 7) is 0.241. The van der Waals surface area contributed by atoms with Crippen LogP contribution in [0.4, 0.5) is 5.69 Å². The van der Waals surface area contributed by atoms with Gasteiger partial charge >= 0.3 is 11.9 Å². The van der Waals surface area contributed by atoms with Crippen LogP contribution in [0.1, 0.15) is 36.8 Å². The maximum Gasteiger partial charge on any atom is 0.348 e. The lowest BCUT2D eigenvalue weighted by Crippen LogP contribution is -2.44. The fourth-order valence-electron chi connectivity index (χ4n) is 3.62. The number of non-ortho nitro benzene ring substituents is 1. The molecule has 0 unspecified atom stereocenters. The zero-order chi connectivity index (χ0) is 22.9. The average molecular weight is 661 g/mol. The van der Waals surface area contributed by atoms with Gasteiger partial charge in [-0.2, -0.15) is 0 Å². The Morgan fingerprint density at radius 3 is 2.12 bits per heavy atom. The first kappa shape index (κ1) is 23.0. The van der Waals surface area contributed by atoms with Gasteiger partial charge in [0, 0.05) is 25.0 Å². The summed E-state index contributed by atoms with van der Waals surface area (Å²) in [4.78, 5) is 35.3. The molecule has 0 N–H and O–H groups in total. The van der Waals surface area contributed by atoms with Crippen LogP contribution in [0.25, 0.3) is 6.08 Å². The summed E-state index contributed by atoms with van der Waals surface area (Å²) in [7, 11) is 0. The predicted octanol–water partition coefficient (Wildman–Crippen LogP) is 5.14. The largest absolute Gasteiger partial charge is 0.487 e. The lowest BCUT2D eigenvalue weighted by molar-refractivity contribution is -0.384. The molecule has 0 amide bonds. The van der Waals surface area contributed by atoms with Crippen LogP contribution in [0.15, 0.2) is 42.0 Å². The molecule has 1 aliphatic carbocycles. The molecule has 0 bridgehead atoms. The highest BCUT2D eigenvalue weighted by molar-refractivity contribution is 14.1. The smallest absolute Gasteiger partial charge is 0.348 e. The molecular formula is C22H17I2NO7. The minimum atomic E-state index is -1.09. The van der Waals surface area contributed by atoms with Crippen LogP contribution in [-0.4, -0.2) is 22.6 Å². The van der Waals surface area contributed by atoms with Crippen molar-refractivity contribution in [2.75, 3.05) is 0 Å². The van der Waals surface area contributed by atoms with E-state index >= 15 is 0 Å². The van der Waals surface area contributed by atoms with Crippen molar-refractivity contribution < 1.29 is 28.7 Å². The molecule has 2 aromatic carbocycles. The lowest BCUT2D eigenvalue weighted by atomic mass is 10.1. The Labute approximate surface area is 210 Å². The van der Waals surface area contributed by atoms with Gasteiger partial charge in [0.05, 0.1) is 12.1 Å². The van der Waals surface area contributed by atoms with E-state index in [1.54, 1.807) is 24.3 Å². The first-order valence-electron chi connectivity index (χ1n) is 9.80. The molecule has 1 spiro atoms. The number of ether oxygens (including phenoxy) is 3. The van der Waals surface area contributed by atoms with Crippen LogP contribution in [0.2, 0.25) is 0 Å².